The molecule has 1 aliphatic heterocycles. The molecule has 2 fully saturated rings. The Kier molecular flexibility index (Phi) is 3.48. The van der Waals surface area contributed by atoms with E-state index >= 15 is 0 Å². The highest BCUT2D eigenvalue weighted by Gasteiger charge is 2.36. The fraction of sp³-hybridized carbons (Fsp3) is 0.562. The van der Waals surface area contributed by atoms with Crippen LogP contribution >= 0.6 is 12.2 Å². The molecule has 1 aromatic rings. The Hall–Kier alpha value is -1.09. The van der Waals surface area contributed by atoms with Gasteiger partial charge in [0.05, 0.1) is 0 Å². The number of hydrogen-bond acceptors (Lipinski definition) is 2. The molecule has 1 saturated carbocycles. The Morgan fingerprint density at radius 2 is 1.58 bits per heavy atom. The lowest BCUT2D eigenvalue weighted by molar-refractivity contribution is 0.226. The average Bonchev–Trinajstić information content (AvgIpc) is 2.88. The topological polar surface area (TPSA) is 29.3 Å². The van der Waals surface area contributed by atoms with Crippen LogP contribution in [0.4, 0.5) is 5.69 Å². The third-order valence-electron chi connectivity index (χ3n) is 5.01. The van der Waals surface area contributed by atoms with Gasteiger partial charge in [-0.15, -0.1) is 0 Å². The van der Waals surface area contributed by atoms with Crippen molar-refractivity contribution in [2.45, 2.75) is 38.5 Å². The van der Waals surface area contributed by atoms with E-state index in [9.17, 15) is 0 Å². The highest BCUT2D eigenvalue weighted by molar-refractivity contribution is 7.80. The van der Waals surface area contributed by atoms with Gasteiger partial charge in [-0.2, -0.15) is 0 Å². The monoisotopic (exact) mass is 274 g/mol. The average molecular weight is 274 g/mol. The van der Waals surface area contributed by atoms with E-state index in [0.29, 0.717) is 10.4 Å². The summed E-state index contributed by atoms with van der Waals surface area (Å²) >= 11 is 4.99. The van der Waals surface area contributed by atoms with Crippen LogP contribution in [0.1, 0.15) is 44.1 Å². The normalized spacial score (nSPS) is 21.8. The third-order valence-corrected chi connectivity index (χ3v) is 5.24. The van der Waals surface area contributed by atoms with Gasteiger partial charge >= 0.3 is 0 Å². The molecule has 1 heterocycles. The first-order valence-corrected chi connectivity index (χ1v) is 7.74. The van der Waals surface area contributed by atoms with Crippen molar-refractivity contribution in [2.75, 3.05) is 18.0 Å². The van der Waals surface area contributed by atoms with Crippen molar-refractivity contribution in [2.24, 2.45) is 11.1 Å². The summed E-state index contributed by atoms with van der Waals surface area (Å²) in [4.78, 5) is 2.99. The number of anilines is 1. The van der Waals surface area contributed by atoms with Crippen LogP contribution in [0.2, 0.25) is 0 Å². The number of piperidine rings is 1. The molecule has 0 bridgehead atoms. The lowest BCUT2D eigenvalue weighted by Gasteiger charge is -2.40. The van der Waals surface area contributed by atoms with Gasteiger partial charge in [-0.1, -0.05) is 25.1 Å². The predicted octanol–water partition coefficient (Wildman–Crippen LogP) is 3.48. The van der Waals surface area contributed by atoms with E-state index < -0.39 is 0 Å². The molecular formula is C16H22N2S. The summed E-state index contributed by atoms with van der Waals surface area (Å²) in [6.07, 6.45) is 8.54. The molecule has 0 aromatic heterocycles. The van der Waals surface area contributed by atoms with Crippen molar-refractivity contribution in [3.8, 4) is 0 Å². The molecule has 0 amide bonds. The van der Waals surface area contributed by atoms with Gasteiger partial charge in [-0.05, 0) is 55.4 Å². The summed E-state index contributed by atoms with van der Waals surface area (Å²) in [6.45, 7) is 2.40. The maximum atomic E-state index is 5.64. The highest BCUT2D eigenvalue weighted by Crippen LogP contribution is 2.46. The lowest BCUT2D eigenvalue weighted by atomic mass is 9.77. The standard InChI is InChI=1S/C16H22N2S/c17-15(19)13-3-5-14(6-4-13)18-11-9-16(10-12-18)7-1-2-8-16/h3-6H,1-2,7-12H2,(H2,17,19). The second-order valence-corrected chi connectivity index (χ2v) is 6.55. The largest absolute Gasteiger partial charge is 0.389 e. The van der Waals surface area contributed by atoms with Crippen LogP contribution in [0.3, 0.4) is 0 Å². The number of nitrogens with zero attached hydrogens (tertiary/aromatic N) is 1. The van der Waals surface area contributed by atoms with E-state index in [1.165, 1.54) is 57.3 Å². The molecular weight excluding hydrogens is 252 g/mol. The van der Waals surface area contributed by atoms with E-state index in [-0.39, 0.29) is 0 Å². The fourth-order valence-electron chi connectivity index (χ4n) is 3.70. The van der Waals surface area contributed by atoms with Crippen molar-refractivity contribution < 1.29 is 0 Å². The van der Waals surface area contributed by atoms with Gasteiger partial charge in [0.2, 0.25) is 0 Å². The number of nitrogens with two attached hydrogens (primary N) is 1. The Bertz CT molecular complexity index is 450. The Labute approximate surface area is 121 Å². The summed E-state index contributed by atoms with van der Waals surface area (Å²) in [6, 6.07) is 8.39. The van der Waals surface area contributed by atoms with Gasteiger partial charge in [0.25, 0.3) is 0 Å². The molecule has 1 saturated heterocycles. The Balaban J connectivity index is 1.66. The van der Waals surface area contributed by atoms with Crippen LogP contribution in [0, 0.1) is 5.41 Å². The summed E-state index contributed by atoms with van der Waals surface area (Å²) in [5.74, 6) is 0. The van der Waals surface area contributed by atoms with Crippen LogP contribution in [0.25, 0.3) is 0 Å². The van der Waals surface area contributed by atoms with E-state index in [4.69, 9.17) is 18.0 Å². The number of thiocarbonyl (C=S) groups is 1. The van der Waals surface area contributed by atoms with Gasteiger partial charge in [0.15, 0.2) is 0 Å². The zero-order chi connectivity index (χ0) is 13.3. The minimum Gasteiger partial charge on any atom is -0.389 e. The summed E-state index contributed by atoms with van der Waals surface area (Å²) in [5.41, 5.74) is 8.60. The van der Waals surface area contributed by atoms with Crippen molar-refractivity contribution in [3.63, 3.8) is 0 Å². The number of rotatable bonds is 2. The maximum Gasteiger partial charge on any atom is 0.103 e. The van der Waals surface area contributed by atoms with Crippen LogP contribution in [-0.4, -0.2) is 18.1 Å². The highest BCUT2D eigenvalue weighted by atomic mass is 32.1. The van der Waals surface area contributed by atoms with E-state index in [2.05, 4.69) is 17.0 Å². The number of hydrogen-bond donors (Lipinski definition) is 1. The molecule has 1 aliphatic carbocycles. The quantitative estimate of drug-likeness (QED) is 0.837. The van der Waals surface area contributed by atoms with E-state index in [1.54, 1.807) is 0 Å². The lowest BCUT2D eigenvalue weighted by Crippen LogP contribution is -2.38. The molecule has 1 spiro atoms. The minimum absolute atomic E-state index is 0.482. The number of benzene rings is 1. The first-order chi connectivity index (χ1) is 9.19. The molecule has 102 valence electrons. The van der Waals surface area contributed by atoms with Crippen LogP contribution in [0.15, 0.2) is 24.3 Å². The molecule has 3 rings (SSSR count). The van der Waals surface area contributed by atoms with Crippen LogP contribution in [-0.2, 0) is 0 Å². The van der Waals surface area contributed by atoms with Crippen LogP contribution in [0.5, 0.6) is 0 Å². The third kappa shape index (κ3) is 2.62. The zero-order valence-corrected chi connectivity index (χ0v) is 12.2. The summed E-state index contributed by atoms with van der Waals surface area (Å²) in [5, 5.41) is 0. The minimum atomic E-state index is 0.482. The summed E-state index contributed by atoms with van der Waals surface area (Å²) in [7, 11) is 0. The molecule has 0 unspecified atom stereocenters. The van der Waals surface area contributed by atoms with E-state index in [1.807, 2.05) is 12.1 Å². The molecule has 0 atom stereocenters. The Morgan fingerprint density at radius 1 is 1.00 bits per heavy atom. The maximum absolute atomic E-state index is 5.64. The van der Waals surface area contributed by atoms with Gasteiger partial charge in [-0.25, -0.2) is 0 Å². The summed E-state index contributed by atoms with van der Waals surface area (Å²) < 4.78 is 0. The molecule has 1 aromatic carbocycles. The van der Waals surface area contributed by atoms with Crippen molar-refractivity contribution in [3.05, 3.63) is 29.8 Å². The predicted molar refractivity (Wildman–Crippen MR) is 84.7 cm³/mol. The Morgan fingerprint density at radius 3 is 2.11 bits per heavy atom. The SMILES string of the molecule is NC(=S)c1ccc(N2CCC3(CCCC3)CC2)cc1. The molecule has 0 radical (unpaired) electrons. The first kappa shape index (κ1) is 12.9. The van der Waals surface area contributed by atoms with Gasteiger partial charge < -0.3 is 10.6 Å². The van der Waals surface area contributed by atoms with Gasteiger partial charge in [0, 0.05) is 24.3 Å². The van der Waals surface area contributed by atoms with E-state index in [0.717, 1.165) is 5.56 Å². The zero-order valence-electron chi connectivity index (χ0n) is 11.4. The van der Waals surface area contributed by atoms with Crippen LogP contribution < -0.4 is 10.6 Å². The molecule has 3 heteroatoms. The second kappa shape index (κ2) is 5.12. The molecule has 2 N–H and O–H groups in total. The molecule has 19 heavy (non-hydrogen) atoms. The van der Waals surface area contributed by atoms with Crippen molar-refractivity contribution >= 4 is 22.9 Å². The smallest absolute Gasteiger partial charge is 0.103 e. The van der Waals surface area contributed by atoms with Gasteiger partial charge in [0.1, 0.15) is 4.99 Å². The van der Waals surface area contributed by atoms with Crippen molar-refractivity contribution in [1.82, 2.24) is 0 Å². The fourth-order valence-corrected chi connectivity index (χ4v) is 3.84. The van der Waals surface area contributed by atoms with Gasteiger partial charge in [-0.3, -0.25) is 0 Å². The molecule has 2 aliphatic rings. The van der Waals surface area contributed by atoms with Crippen molar-refractivity contribution in [1.29, 1.82) is 0 Å². The second-order valence-electron chi connectivity index (χ2n) is 6.11. The molecule has 2 nitrogen and oxygen atoms in total. The first-order valence-electron chi connectivity index (χ1n) is 7.33.